The molecule has 0 aliphatic carbocycles. The third-order valence-corrected chi connectivity index (χ3v) is 2.61. The van der Waals surface area contributed by atoms with Crippen LogP contribution in [0, 0.1) is 11.6 Å². The molecule has 0 radical (unpaired) electrons. The quantitative estimate of drug-likeness (QED) is 0.351. The SMILES string of the molecule is NNC(CCOCC(F)(F)F)Cc1cccc(F)c1F. The van der Waals surface area contributed by atoms with Gasteiger partial charge in [0.2, 0.25) is 0 Å². The van der Waals surface area contributed by atoms with Crippen molar-refractivity contribution in [1.29, 1.82) is 0 Å². The maximum absolute atomic E-state index is 13.4. The molecule has 0 aliphatic rings. The summed E-state index contributed by atoms with van der Waals surface area (Å²) in [6.07, 6.45) is -4.20. The number of alkyl halides is 3. The first-order valence-corrected chi connectivity index (χ1v) is 5.87. The van der Waals surface area contributed by atoms with Gasteiger partial charge in [-0.05, 0) is 24.5 Å². The minimum atomic E-state index is -4.39. The summed E-state index contributed by atoms with van der Waals surface area (Å²) in [5.41, 5.74) is 2.45. The number of ether oxygens (including phenoxy) is 1. The molecule has 1 aromatic rings. The Balaban J connectivity index is 2.45. The highest BCUT2D eigenvalue weighted by Crippen LogP contribution is 2.16. The van der Waals surface area contributed by atoms with Crippen LogP contribution in [0.5, 0.6) is 0 Å². The first-order valence-electron chi connectivity index (χ1n) is 5.87. The molecular weight excluding hydrogens is 283 g/mol. The molecule has 8 heteroatoms. The van der Waals surface area contributed by atoms with Gasteiger partial charge in [0, 0.05) is 12.6 Å². The second-order valence-corrected chi connectivity index (χ2v) is 4.24. The maximum Gasteiger partial charge on any atom is 0.411 e. The predicted molar refractivity (Wildman–Crippen MR) is 62.7 cm³/mol. The van der Waals surface area contributed by atoms with Gasteiger partial charge in [0.15, 0.2) is 11.6 Å². The van der Waals surface area contributed by atoms with E-state index in [1.54, 1.807) is 0 Å². The van der Waals surface area contributed by atoms with E-state index in [-0.39, 0.29) is 25.0 Å². The zero-order valence-corrected chi connectivity index (χ0v) is 10.5. The molecule has 0 fully saturated rings. The molecular formula is C12H15F5N2O. The molecule has 0 spiro atoms. The molecule has 0 heterocycles. The van der Waals surface area contributed by atoms with Crippen LogP contribution >= 0.6 is 0 Å². The summed E-state index contributed by atoms with van der Waals surface area (Å²) in [6.45, 7) is -1.54. The fourth-order valence-electron chi connectivity index (χ4n) is 1.63. The monoisotopic (exact) mass is 298 g/mol. The van der Waals surface area contributed by atoms with Gasteiger partial charge in [-0.1, -0.05) is 12.1 Å². The van der Waals surface area contributed by atoms with Gasteiger partial charge < -0.3 is 4.74 Å². The van der Waals surface area contributed by atoms with Crippen molar-refractivity contribution in [2.24, 2.45) is 5.84 Å². The third-order valence-electron chi connectivity index (χ3n) is 2.61. The number of nitrogens with two attached hydrogens (primary N) is 1. The molecule has 0 saturated heterocycles. The van der Waals surface area contributed by atoms with E-state index < -0.39 is 30.5 Å². The molecule has 0 saturated carbocycles. The molecule has 20 heavy (non-hydrogen) atoms. The van der Waals surface area contributed by atoms with Gasteiger partial charge in [0.1, 0.15) is 6.61 Å². The van der Waals surface area contributed by atoms with Crippen molar-refractivity contribution in [3.63, 3.8) is 0 Å². The second-order valence-electron chi connectivity index (χ2n) is 4.24. The van der Waals surface area contributed by atoms with E-state index in [9.17, 15) is 22.0 Å². The van der Waals surface area contributed by atoms with Crippen molar-refractivity contribution in [3.05, 3.63) is 35.4 Å². The Bertz CT molecular complexity index is 425. The number of hydrogen-bond donors (Lipinski definition) is 2. The third kappa shape index (κ3) is 5.81. The molecule has 3 N–H and O–H groups in total. The summed E-state index contributed by atoms with van der Waals surface area (Å²) >= 11 is 0. The Morgan fingerprint density at radius 2 is 1.95 bits per heavy atom. The number of benzene rings is 1. The number of hydrogen-bond acceptors (Lipinski definition) is 3. The lowest BCUT2D eigenvalue weighted by Crippen LogP contribution is -2.38. The van der Waals surface area contributed by atoms with Crippen LogP contribution in [0.25, 0.3) is 0 Å². The van der Waals surface area contributed by atoms with Crippen LogP contribution in [0.2, 0.25) is 0 Å². The number of rotatable bonds is 7. The van der Waals surface area contributed by atoms with Crippen LogP contribution in [0.15, 0.2) is 18.2 Å². The van der Waals surface area contributed by atoms with Gasteiger partial charge >= 0.3 is 6.18 Å². The standard InChI is InChI=1S/C12H15F5N2O/c13-10-3-1-2-8(11(10)14)6-9(19-18)4-5-20-7-12(15,16)17/h1-3,9,19H,4-7,18H2. The van der Waals surface area contributed by atoms with Gasteiger partial charge in [-0.15, -0.1) is 0 Å². The van der Waals surface area contributed by atoms with Gasteiger partial charge in [0.25, 0.3) is 0 Å². The van der Waals surface area contributed by atoms with Gasteiger partial charge in [0.05, 0.1) is 0 Å². The molecule has 114 valence electrons. The molecule has 0 bridgehead atoms. The number of nitrogens with one attached hydrogen (secondary N) is 1. The van der Waals surface area contributed by atoms with E-state index in [4.69, 9.17) is 5.84 Å². The van der Waals surface area contributed by atoms with Crippen LogP contribution < -0.4 is 11.3 Å². The minimum Gasteiger partial charge on any atom is -0.372 e. The van der Waals surface area contributed by atoms with E-state index in [0.29, 0.717) is 0 Å². The summed E-state index contributed by atoms with van der Waals surface area (Å²) in [4.78, 5) is 0. The van der Waals surface area contributed by atoms with Gasteiger partial charge in [-0.3, -0.25) is 11.3 Å². The molecule has 0 aliphatic heterocycles. The van der Waals surface area contributed by atoms with Crippen molar-refractivity contribution in [2.75, 3.05) is 13.2 Å². The summed E-state index contributed by atoms with van der Waals surface area (Å²) in [5, 5.41) is 0. The Hall–Kier alpha value is -1.25. The zero-order valence-electron chi connectivity index (χ0n) is 10.5. The Kier molecular flexibility index (Phi) is 6.31. The lowest BCUT2D eigenvalue weighted by Gasteiger charge is -2.17. The van der Waals surface area contributed by atoms with E-state index >= 15 is 0 Å². The van der Waals surface area contributed by atoms with E-state index in [0.717, 1.165) is 6.07 Å². The smallest absolute Gasteiger partial charge is 0.372 e. The molecule has 1 rings (SSSR count). The molecule has 1 unspecified atom stereocenters. The van der Waals surface area contributed by atoms with Crippen molar-refractivity contribution in [2.45, 2.75) is 25.1 Å². The van der Waals surface area contributed by atoms with Crippen molar-refractivity contribution >= 4 is 0 Å². The summed E-state index contributed by atoms with van der Waals surface area (Å²) in [6, 6.07) is 3.20. The fourth-order valence-corrected chi connectivity index (χ4v) is 1.63. The average molecular weight is 298 g/mol. The topological polar surface area (TPSA) is 47.3 Å². The Morgan fingerprint density at radius 1 is 1.25 bits per heavy atom. The van der Waals surface area contributed by atoms with E-state index in [1.807, 2.05) is 0 Å². The first-order chi connectivity index (χ1) is 9.33. The lowest BCUT2D eigenvalue weighted by molar-refractivity contribution is -0.174. The van der Waals surface area contributed by atoms with Crippen molar-refractivity contribution in [3.8, 4) is 0 Å². The van der Waals surface area contributed by atoms with Crippen LogP contribution in [0.3, 0.4) is 0 Å². The largest absolute Gasteiger partial charge is 0.411 e. The Labute approximate surface area is 112 Å². The normalized spacial score (nSPS) is 13.5. The number of halogens is 5. The molecule has 0 amide bonds. The predicted octanol–water partition coefficient (Wildman–Crippen LogP) is 2.31. The number of hydrazine groups is 1. The fraction of sp³-hybridized carbons (Fsp3) is 0.500. The van der Waals surface area contributed by atoms with E-state index in [1.165, 1.54) is 12.1 Å². The zero-order chi connectivity index (χ0) is 15.2. The maximum atomic E-state index is 13.4. The highest BCUT2D eigenvalue weighted by Gasteiger charge is 2.27. The molecule has 1 aromatic carbocycles. The first kappa shape index (κ1) is 16.8. The van der Waals surface area contributed by atoms with Crippen molar-refractivity contribution in [1.82, 2.24) is 5.43 Å². The summed E-state index contributed by atoms with van der Waals surface area (Å²) < 4.78 is 66.4. The molecule has 3 nitrogen and oxygen atoms in total. The van der Waals surface area contributed by atoms with Gasteiger partial charge in [-0.2, -0.15) is 13.2 Å². The lowest BCUT2D eigenvalue weighted by atomic mass is 10.0. The average Bonchev–Trinajstić information content (AvgIpc) is 2.37. The second kappa shape index (κ2) is 7.51. The van der Waals surface area contributed by atoms with Crippen LogP contribution in [0.1, 0.15) is 12.0 Å². The highest BCUT2D eigenvalue weighted by atomic mass is 19.4. The minimum absolute atomic E-state index is 0.0511. The highest BCUT2D eigenvalue weighted by molar-refractivity contribution is 5.19. The molecule has 0 aromatic heterocycles. The van der Waals surface area contributed by atoms with Crippen molar-refractivity contribution < 1.29 is 26.7 Å². The molecule has 1 atom stereocenters. The summed E-state index contributed by atoms with van der Waals surface area (Å²) in [5.74, 6) is 3.27. The Morgan fingerprint density at radius 3 is 2.55 bits per heavy atom. The van der Waals surface area contributed by atoms with Gasteiger partial charge in [-0.25, -0.2) is 8.78 Å². The van der Waals surface area contributed by atoms with Crippen LogP contribution in [-0.2, 0) is 11.2 Å². The van der Waals surface area contributed by atoms with Crippen LogP contribution in [-0.4, -0.2) is 25.4 Å². The van der Waals surface area contributed by atoms with E-state index in [2.05, 4.69) is 10.2 Å². The van der Waals surface area contributed by atoms with Crippen LogP contribution in [0.4, 0.5) is 22.0 Å². The summed E-state index contributed by atoms with van der Waals surface area (Å²) in [7, 11) is 0.